The van der Waals surface area contributed by atoms with Crippen LogP contribution in [0.15, 0.2) is 24.3 Å². The zero-order valence-corrected chi connectivity index (χ0v) is 14.7. The van der Waals surface area contributed by atoms with Gasteiger partial charge in [-0.05, 0) is 43.0 Å². The number of benzene rings is 1. The minimum Gasteiger partial charge on any atom is -0.348 e. The van der Waals surface area contributed by atoms with Gasteiger partial charge in [-0.3, -0.25) is 9.59 Å². The van der Waals surface area contributed by atoms with Crippen LogP contribution in [-0.4, -0.2) is 24.4 Å². The predicted molar refractivity (Wildman–Crippen MR) is 96.8 cm³/mol. The summed E-state index contributed by atoms with van der Waals surface area (Å²) in [4.78, 5) is 24.1. The molecule has 1 aliphatic carbocycles. The lowest BCUT2D eigenvalue weighted by atomic mass is 9.84. The van der Waals surface area contributed by atoms with E-state index in [-0.39, 0.29) is 23.8 Å². The highest BCUT2D eigenvalue weighted by molar-refractivity contribution is 5.96. The normalized spacial score (nSPS) is 16.7. The molecule has 0 bridgehead atoms. The Hall–Kier alpha value is -1.88. The summed E-state index contributed by atoms with van der Waals surface area (Å²) in [5.41, 5.74) is 7.17. The number of nitrogens with one attached hydrogen (secondary N) is 2. The van der Waals surface area contributed by atoms with Gasteiger partial charge < -0.3 is 16.4 Å². The molecule has 5 nitrogen and oxygen atoms in total. The molecule has 1 aliphatic rings. The summed E-state index contributed by atoms with van der Waals surface area (Å²) in [6.45, 7) is 4.16. The van der Waals surface area contributed by atoms with Crippen LogP contribution < -0.4 is 16.4 Å². The first kappa shape index (κ1) is 18.5. The highest BCUT2D eigenvalue weighted by atomic mass is 16.2. The van der Waals surface area contributed by atoms with Gasteiger partial charge in [0.15, 0.2) is 0 Å². The van der Waals surface area contributed by atoms with Crippen molar-refractivity contribution in [1.29, 1.82) is 0 Å². The molecule has 24 heavy (non-hydrogen) atoms. The SMILES string of the molecule is CC(C)C(=O)Nc1ccc(C(=O)NC(CN)C2CCCCC2)cc1. The van der Waals surface area contributed by atoms with Crippen molar-refractivity contribution >= 4 is 17.5 Å². The van der Waals surface area contributed by atoms with E-state index in [0.717, 1.165) is 12.8 Å². The smallest absolute Gasteiger partial charge is 0.251 e. The maximum atomic E-state index is 12.4. The van der Waals surface area contributed by atoms with Crippen molar-refractivity contribution in [2.24, 2.45) is 17.6 Å². The number of amides is 2. The van der Waals surface area contributed by atoms with E-state index in [1.165, 1.54) is 19.3 Å². The van der Waals surface area contributed by atoms with Crippen molar-refractivity contribution in [3.63, 3.8) is 0 Å². The first-order valence-corrected chi connectivity index (χ1v) is 8.93. The molecule has 0 spiro atoms. The lowest BCUT2D eigenvalue weighted by Crippen LogP contribution is -2.45. The Morgan fingerprint density at radius 2 is 1.75 bits per heavy atom. The third-order valence-electron chi connectivity index (χ3n) is 4.73. The van der Waals surface area contributed by atoms with E-state index in [2.05, 4.69) is 10.6 Å². The van der Waals surface area contributed by atoms with Crippen LogP contribution in [-0.2, 0) is 4.79 Å². The number of rotatable bonds is 6. The third-order valence-corrected chi connectivity index (χ3v) is 4.73. The molecule has 1 aromatic rings. The van der Waals surface area contributed by atoms with Crippen molar-refractivity contribution in [2.45, 2.75) is 52.0 Å². The van der Waals surface area contributed by atoms with Gasteiger partial charge in [-0.1, -0.05) is 33.1 Å². The molecule has 1 atom stereocenters. The average molecular weight is 331 g/mol. The maximum absolute atomic E-state index is 12.4. The fourth-order valence-electron chi connectivity index (χ4n) is 3.15. The minimum absolute atomic E-state index is 0.0345. The second-order valence-electron chi connectivity index (χ2n) is 6.94. The molecule has 132 valence electrons. The third kappa shape index (κ3) is 5.06. The van der Waals surface area contributed by atoms with Gasteiger partial charge in [0.25, 0.3) is 5.91 Å². The number of nitrogens with two attached hydrogens (primary N) is 1. The van der Waals surface area contributed by atoms with E-state index in [4.69, 9.17) is 5.73 Å². The number of carbonyl (C=O) groups is 2. The Bertz CT molecular complexity index is 548. The Kier molecular flexibility index (Phi) is 6.79. The molecule has 0 aromatic heterocycles. The predicted octanol–water partition coefficient (Wildman–Crippen LogP) is 2.92. The van der Waals surface area contributed by atoms with Crippen LogP contribution in [0.2, 0.25) is 0 Å². The summed E-state index contributed by atoms with van der Waals surface area (Å²) in [6, 6.07) is 7.03. The average Bonchev–Trinajstić information content (AvgIpc) is 2.60. The lowest BCUT2D eigenvalue weighted by molar-refractivity contribution is -0.118. The van der Waals surface area contributed by atoms with Crippen LogP contribution in [0.25, 0.3) is 0 Å². The maximum Gasteiger partial charge on any atom is 0.251 e. The Balaban J connectivity index is 1.94. The molecule has 2 amide bonds. The second-order valence-corrected chi connectivity index (χ2v) is 6.94. The molecule has 1 saturated carbocycles. The van der Waals surface area contributed by atoms with Gasteiger partial charge in [0, 0.05) is 29.8 Å². The molecule has 0 heterocycles. The largest absolute Gasteiger partial charge is 0.348 e. The first-order chi connectivity index (χ1) is 11.5. The molecule has 5 heteroatoms. The van der Waals surface area contributed by atoms with Crippen LogP contribution in [0.5, 0.6) is 0 Å². The minimum atomic E-state index is -0.0993. The van der Waals surface area contributed by atoms with Gasteiger partial charge in [-0.25, -0.2) is 0 Å². The summed E-state index contributed by atoms with van der Waals surface area (Å²) >= 11 is 0. The summed E-state index contributed by atoms with van der Waals surface area (Å²) in [5, 5.41) is 5.90. The lowest BCUT2D eigenvalue weighted by Gasteiger charge is -2.30. The topological polar surface area (TPSA) is 84.2 Å². The van der Waals surface area contributed by atoms with Crippen molar-refractivity contribution < 1.29 is 9.59 Å². The van der Waals surface area contributed by atoms with Gasteiger partial charge in [-0.2, -0.15) is 0 Å². The molecule has 0 radical (unpaired) electrons. The fraction of sp³-hybridized carbons (Fsp3) is 0.579. The second kappa shape index (κ2) is 8.83. The summed E-state index contributed by atoms with van der Waals surface area (Å²) in [5.74, 6) is 0.275. The molecule has 1 fully saturated rings. The van der Waals surface area contributed by atoms with E-state index in [0.29, 0.717) is 23.7 Å². The van der Waals surface area contributed by atoms with Crippen LogP contribution >= 0.6 is 0 Å². The molecule has 0 aliphatic heterocycles. The molecule has 1 aromatic carbocycles. The van der Waals surface area contributed by atoms with E-state index in [1.54, 1.807) is 24.3 Å². The van der Waals surface area contributed by atoms with Crippen LogP contribution in [0, 0.1) is 11.8 Å². The van der Waals surface area contributed by atoms with Crippen LogP contribution in [0.3, 0.4) is 0 Å². The molecular formula is C19H29N3O2. The molecular weight excluding hydrogens is 302 g/mol. The molecule has 0 saturated heterocycles. The van der Waals surface area contributed by atoms with Crippen LogP contribution in [0.4, 0.5) is 5.69 Å². The van der Waals surface area contributed by atoms with Gasteiger partial charge in [0.05, 0.1) is 0 Å². The summed E-state index contributed by atoms with van der Waals surface area (Å²) in [6.07, 6.45) is 6.01. The van der Waals surface area contributed by atoms with Gasteiger partial charge in [-0.15, -0.1) is 0 Å². The number of hydrogen-bond donors (Lipinski definition) is 3. The van der Waals surface area contributed by atoms with Crippen molar-refractivity contribution in [2.75, 3.05) is 11.9 Å². The number of carbonyl (C=O) groups excluding carboxylic acids is 2. The molecule has 4 N–H and O–H groups in total. The molecule has 1 unspecified atom stereocenters. The van der Waals surface area contributed by atoms with Gasteiger partial charge in [0.2, 0.25) is 5.91 Å². The van der Waals surface area contributed by atoms with Crippen LogP contribution in [0.1, 0.15) is 56.3 Å². The first-order valence-electron chi connectivity index (χ1n) is 8.93. The van der Waals surface area contributed by atoms with Crippen molar-refractivity contribution in [3.8, 4) is 0 Å². The van der Waals surface area contributed by atoms with Crippen molar-refractivity contribution in [3.05, 3.63) is 29.8 Å². The van der Waals surface area contributed by atoms with E-state index in [9.17, 15) is 9.59 Å². The Morgan fingerprint density at radius 1 is 1.12 bits per heavy atom. The van der Waals surface area contributed by atoms with E-state index in [1.807, 2.05) is 13.8 Å². The van der Waals surface area contributed by atoms with E-state index >= 15 is 0 Å². The fourth-order valence-corrected chi connectivity index (χ4v) is 3.15. The highest BCUT2D eigenvalue weighted by Gasteiger charge is 2.24. The Labute approximate surface area is 144 Å². The zero-order chi connectivity index (χ0) is 17.5. The summed E-state index contributed by atoms with van der Waals surface area (Å²) in [7, 11) is 0. The van der Waals surface area contributed by atoms with Gasteiger partial charge in [0.1, 0.15) is 0 Å². The zero-order valence-electron chi connectivity index (χ0n) is 14.7. The van der Waals surface area contributed by atoms with Crippen molar-refractivity contribution in [1.82, 2.24) is 5.32 Å². The standard InChI is InChI=1S/C19H29N3O2/c1-13(2)18(23)21-16-10-8-15(9-11-16)19(24)22-17(12-20)14-6-4-3-5-7-14/h8-11,13-14,17H,3-7,12,20H2,1-2H3,(H,21,23)(H,22,24). The van der Waals surface area contributed by atoms with E-state index < -0.39 is 0 Å². The summed E-state index contributed by atoms with van der Waals surface area (Å²) < 4.78 is 0. The number of anilines is 1. The monoisotopic (exact) mass is 331 g/mol. The highest BCUT2D eigenvalue weighted by Crippen LogP contribution is 2.26. The number of hydrogen-bond acceptors (Lipinski definition) is 3. The molecule has 2 rings (SSSR count). The van der Waals surface area contributed by atoms with Gasteiger partial charge >= 0.3 is 0 Å². The Morgan fingerprint density at radius 3 is 2.29 bits per heavy atom. The quantitative estimate of drug-likeness (QED) is 0.749.